The Bertz CT molecular complexity index is 1170. The molecule has 0 aromatic carbocycles. The number of phosphoric acid groups is 1. The van der Waals surface area contributed by atoms with Gasteiger partial charge in [0.25, 0.3) is 0 Å². The first-order valence-corrected chi connectivity index (χ1v) is 28.0. The number of hydrogen-bond donors (Lipinski definition) is 3. The van der Waals surface area contributed by atoms with Gasteiger partial charge in [0.05, 0.1) is 39.9 Å². The Morgan fingerprint density at radius 3 is 1.27 bits per heavy atom. The number of hydrogen-bond acceptors (Lipinski definition) is 5. The molecule has 370 valence electrons. The summed E-state index contributed by atoms with van der Waals surface area (Å²) in [6, 6.07) is -0.871. The molecular weight excluding hydrogens is 804 g/mol. The highest BCUT2D eigenvalue weighted by atomic mass is 31.2. The van der Waals surface area contributed by atoms with Gasteiger partial charge in [-0.25, -0.2) is 4.57 Å². The lowest BCUT2D eigenvalue weighted by atomic mass is 10.0. The number of aliphatic hydroxyl groups excluding tert-OH is 1. The fourth-order valence-corrected chi connectivity index (χ4v) is 8.27. The van der Waals surface area contributed by atoms with Gasteiger partial charge in [-0.3, -0.25) is 13.8 Å². The fraction of sp³-hybridized carbons (Fsp3) is 0.833. The second-order valence-corrected chi connectivity index (χ2v) is 20.7. The molecule has 3 unspecified atom stereocenters. The Labute approximate surface area is 390 Å². The van der Waals surface area contributed by atoms with Crippen LogP contribution < -0.4 is 5.32 Å². The first-order chi connectivity index (χ1) is 30.5. The molecule has 3 atom stereocenters. The zero-order valence-electron chi connectivity index (χ0n) is 42.1. The average molecular weight is 908 g/mol. The molecule has 0 spiro atoms. The maximum absolute atomic E-state index is 12.9. The van der Waals surface area contributed by atoms with E-state index in [-0.39, 0.29) is 19.1 Å². The van der Waals surface area contributed by atoms with Crippen molar-refractivity contribution in [3.05, 3.63) is 48.6 Å². The summed E-state index contributed by atoms with van der Waals surface area (Å²) in [5, 5.41) is 13.9. The van der Waals surface area contributed by atoms with E-state index in [4.69, 9.17) is 9.05 Å². The van der Waals surface area contributed by atoms with Gasteiger partial charge in [0.1, 0.15) is 13.2 Å². The summed E-state index contributed by atoms with van der Waals surface area (Å²) in [6.07, 6.45) is 59.2. The number of amides is 1. The van der Waals surface area contributed by atoms with Crippen LogP contribution in [0.5, 0.6) is 0 Å². The van der Waals surface area contributed by atoms with Crippen molar-refractivity contribution in [3.63, 3.8) is 0 Å². The Kier molecular flexibility index (Phi) is 44.5. The highest BCUT2D eigenvalue weighted by molar-refractivity contribution is 7.47. The largest absolute Gasteiger partial charge is 0.472 e. The molecule has 0 aliphatic heterocycles. The number of unbranched alkanes of at least 4 members (excludes halogenated alkanes) is 29. The number of allylic oxidation sites excluding steroid dienone is 7. The third-order valence-corrected chi connectivity index (χ3v) is 12.7. The van der Waals surface area contributed by atoms with E-state index in [0.717, 1.165) is 44.9 Å². The minimum Gasteiger partial charge on any atom is -0.387 e. The van der Waals surface area contributed by atoms with Crippen LogP contribution in [0, 0.1) is 0 Å². The molecule has 0 rings (SSSR count). The van der Waals surface area contributed by atoms with E-state index in [9.17, 15) is 19.4 Å². The van der Waals surface area contributed by atoms with Gasteiger partial charge in [-0.05, 0) is 70.6 Å². The molecule has 0 aromatic rings. The third-order valence-electron chi connectivity index (χ3n) is 11.7. The molecule has 0 radical (unpaired) electrons. The lowest BCUT2D eigenvalue weighted by Crippen LogP contribution is -2.45. The van der Waals surface area contributed by atoms with Gasteiger partial charge in [-0.1, -0.05) is 210 Å². The molecular formula is C54H104N2O6P+. The number of aliphatic hydroxyl groups is 1. The standard InChI is InChI=1S/C54H103N2O6P/c1-6-8-10-12-14-16-18-20-22-24-25-26-27-28-29-30-32-34-36-38-40-42-44-46-48-54(58)55-52(51-62-63(59,60)61-50-49-56(3,4)5)53(57)47-45-43-41-39-37-35-33-31-23-21-19-17-15-13-11-9-7-2/h23,28-29,31,37,39,45,47,52-53,57H,6-22,24-27,30,32-36,38,40-44,46,48-51H2,1-5H3,(H-,55,58,59,60)/p+1/b29-28-,31-23+,39-37+,47-45+. The third kappa shape index (κ3) is 48.2. The Morgan fingerprint density at radius 2 is 0.873 bits per heavy atom. The van der Waals surface area contributed by atoms with Gasteiger partial charge in [-0.2, -0.15) is 0 Å². The summed E-state index contributed by atoms with van der Waals surface area (Å²) >= 11 is 0. The summed E-state index contributed by atoms with van der Waals surface area (Å²) in [7, 11) is 1.54. The van der Waals surface area contributed by atoms with Crippen molar-refractivity contribution < 1.29 is 32.9 Å². The average Bonchev–Trinajstić information content (AvgIpc) is 3.24. The summed E-state index contributed by atoms with van der Waals surface area (Å²) in [5.41, 5.74) is 0. The number of carbonyl (C=O) groups is 1. The number of quaternary nitrogens is 1. The number of phosphoric ester groups is 1. The second-order valence-electron chi connectivity index (χ2n) is 19.2. The van der Waals surface area contributed by atoms with Crippen molar-refractivity contribution in [1.82, 2.24) is 5.32 Å². The van der Waals surface area contributed by atoms with Crippen molar-refractivity contribution in [2.75, 3.05) is 40.9 Å². The van der Waals surface area contributed by atoms with Crippen LogP contribution in [-0.2, 0) is 18.4 Å². The van der Waals surface area contributed by atoms with Crippen LogP contribution in [0.2, 0.25) is 0 Å². The molecule has 9 heteroatoms. The minimum atomic E-state index is -4.36. The van der Waals surface area contributed by atoms with E-state index in [2.05, 4.69) is 55.6 Å². The molecule has 0 aliphatic carbocycles. The summed E-state index contributed by atoms with van der Waals surface area (Å²) in [5.74, 6) is -0.193. The highest BCUT2D eigenvalue weighted by Gasteiger charge is 2.27. The molecule has 0 fully saturated rings. The van der Waals surface area contributed by atoms with Crippen LogP contribution in [-0.4, -0.2) is 73.4 Å². The number of likely N-dealkylation sites (N-methyl/N-ethyl adjacent to an activating group) is 1. The predicted molar refractivity (Wildman–Crippen MR) is 272 cm³/mol. The lowest BCUT2D eigenvalue weighted by Gasteiger charge is -2.25. The van der Waals surface area contributed by atoms with Crippen molar-refractivity contribution in [2.45, 2.75) is 251 Å². The number of nitrogens with zero attached hydrogens (tertiary/aromatic N) is 1. The fourth-order valence-electron chi connectivity index (χ4n) is 7.54. The summed E-state index contributed by atoms with van der Waals surface area (Å²) in [6.45, 7) is 4.79. The van der Waals surface area contributed by atoms with Crippen LogP contribution in [0.4, 0.5) is 0 Å². The number of carbonyl (C=O) groups excluding carboxylic acids is 1. The van der Waals surface area contributed by atoms with Gasteiger partial charge in [0.2, 0.25) is 5.91 Å². The van der Waals surface area contributed by atoms with Crippen LogP contribution in [0.1, 0.15) is 239 Å². The van der Waals surface area contributed by atoms with Gasteiger partial charge in [-0.15, -0.1) is 0 Å². The first-order valence-electron chi connectivity index (χ1n) is 26.5. The van der Waals surface area contributed by atoms with Crippen molar-refractivity contribution in [1.29, 1.82) is 0 Å². The Hall–Kier alpha value is -1.54. The van der Waals surface area contributed by atoms with Gasteiger partial charge in [0, 0.05) is 6.42 Å². The molecule has 0 aromatic heterocycles. The highest BCUT2D eigenvalue weighted by Crippen LogP contribution is 2.43. The Morgan fingerprint density at radius 1 is 0.524 bits per heavy atom. The molecule has 0 aliphatic rings. The Balaban J connectivity index is 4.31. The van der Waals surface area contributed by atoms with E-state index in [1.165, 1.54) is 173 Å². The zero-order chi connectivity index (χ0) is 46.4. The SMILES string of the molecule is CCCCCCCCC/C=C/CC/C=C/CC/C=C/C(O)C(COP(=O)(O)OCC[N+](C)(C)C)NC(=O)CCCCCCCCCC/C=C\CCCCCCCCCCCCCC. The molecule has 3 N–H and O–H groups in total. The molecule has 63 heavy (non-hydrogen) atoms. The minimum absolute atomic E-state index is 0.0523. The van der Waals surface area contributed by atoms with E-state index in [0.29, 0.717) is 17.4 Å². The molecule has 1 amide bonds. The zero-order valence-corrected chi connectivity index (χ0v) is 43.0. The molecule has 8 nitrogen and oxygen atoms in total. The molecule has 0 heterocycles. The van der Waals surface area contributed by atoms with E-state index >= 15 is 0 Å². The van der Waals surface area contributed by atoms with Crippen LogP contribution >= 0.6 is 7.82 Å². The maximum atomic E-state index is 12.9. The first kappa shape index (κ1) is 61.5. The predicted octanol–water partition coefficient (Wildman–Crippen LogP) is 15.6. The lowest BCUT2D eigenvalue weighted by molar-refractivity contribution is -0.870. The van der Waals surface area contributed by atoms with Gasteiger partial charge < -0.3 is 19.8 Å². The van der Waals surface area contributed by atoms with Crippen molar-refractivity contribution in [3.8, 4) is 0 Å². The smallest absolute Gasteiger partial charge is 0.387 e. The summed E-state index contributed by atoms with van der Waals surface area (Å²) in [4.78, 5) is 23.2. The van der Waals surface area contributed by atoms with Gasteiger partial charge in [0.15, 0.2) is 0 Å². The molecule has 0 saturated heterocycles. The van der Waals surface area contributed by atoms with Crippen LogP contribution in [0.25, 0.3) is 0 Å². The normalized spacial score (nSPS) is 14.5. The number of nitrogens with one attached hydrogen (secondary N) is 1. The monoisotopic (exact) mass is 908 g/mol. The second kappa shape index (κ2) is 45.6. The van der Waals surface area contributed by atoms with Crippen LogP contribution in [0.3, 0.4) is 0 Å². The van der Waals surface area contributed by atoms with E-state index in [1.54, 1.807) is 6.08 Å². The maximum Gasteiger partial charge on any atom is 0.472 e. The molecule has 0 bridgehead atoms. The van der Waals surface area contributed by atoms with E-state index in [1.807, 2.05) is 27.2 Å². The van der Waals surface area contributed by atoms with E-state index < -0.39 is 20.0 Å². The van der Waals surface area contributed by atoms with Crippen LogP contribution in [0.15, 0.2) is 48.6 Å². The molecule has 0 saturated carbocycles. The summed E-state index contributed by atoms with van der Waals surface area (Å²) < 4.78 is 23.6. The number of rotatable bonds is 48. The van der Waals surface area contributed by atoms with Crippen molar-refractivity contribution in [2.24, 2.45) is 0 Å². The van der Waals surface area contributed by atoms with Gasteiger partial charge >= 0.3 is 7.82 Å². The van der Waals surface area contributed by atoms with Crippen molar-refractivity contribution >= 4 is 13.7 Å². The topological polar surface area (TPSA) is 105 Å². The quantitative estimate of drug-likeness (QED) is 0.0243.